The Balaban J connectivity index is 1.92. The molecule has 0 saturated heterocycles. The van der Waals surface area contributed by atoms with Gasteiger partial charge in [-0.2, -0.15) is 10.4 Å². The van der Waals surface area contributed by atoms with Crippen LogP contribution >= 0.6 is 0 Å². The number of nitrogens with zero attached hydrogens (tertiary/aromatic N) is 4. The zero-order valence-corrected chi connectivity index (χ0v) is 13.2. The van der Waals surface area contributed by atoms with Crippen molar-refractivity contribution in [1.82, 2.24) is 0 Å². The van der Waals surface area contributed by atoms with E-state index in [-0.39, 0.29) is 5.69 Å². The van der Waals surface area contributed by atoms with Gasteiger partial charge in [-0.1, -0.05) is 12.1 Å². The Morgan fingerprint density at radius 2 is 1.92 bits per heavy atom. The third kappa shape index (κ3) is 4.81. The molecule has 1 N–H and O–H groups in total. The molecule has 2 rings (SSSR count). The minimum absolute atomic E-state index is 0.0423. The minimum Gasteiger partial charge on any atom is -0.374 e. The molecule has 0 spiro atoms. The van der Waals surface area contributed by atoms with Crippen LogP contribution in [0.25, 0.3) is 0 Å². The van der Waals surface area contributed by atoms with E-state index in [4.69, 9.17) is 5.26 Å². The Labute approximate surface area is 140 Å². The van der Waals surface area contributed by atoms with Gasteiger partial charge in [-0.05, 0) is 29.8 Å². The largest absolute Gasteiger partial charge is 0.374 e. The lowest BCUT2D eigenvalue weighted by Gasteiger charge is -2.17. The molecule has 0 radical (unpaired) electrons. The summed E-state index contributed by atoms with van der Waals surface area (Å²) in [5.41, 5.74) is 5.49. The van der Waals surface area contributed by atoms with Crippen LogP contribution in [0.15, 0.2) is 53.6 Å². The van der Waals surface area contributed by atoms with Crippen LogP contribution < -0.4 is 10.3 Å². The van der Waals surface area contributed by atoms with Crippen LogP contribution in [0.3, 0.4) is 0 Å². The highest BCUT2D eigenvalue weighted by Crippen LogP contribution is 2.16. The highest BCUT2D eigenvalue weighted by atomic mass is 16.6. The standard InChI is InChI=1S/C17H17N5O2/c1-21(12-2-11-18)16-7-3-14(4-8-16)13-19-20-15-5-9-17(10-6-15)22(23)24/h3-10,13,20H,2,12H2,1H3/b19-13+. The van der Waals surface area contributed by atoms with Crippen molar-refractivity contribution in [2.24, 2.45) is 5.10 Å². The number of nitro benzene ring substituents is 1. The Kier molecular flexibility index (Phi) is 5.86. The molecule has 0 aliphatic carbocycles. The molecule has 0 amide bonds. The summed E-state index contributed by atoms with van der Waals surface area (Å²) >= 11 is 0. The number of hydrogen-bond donors (Lipinski definition) is 1. The molecule has 0 aliphatic heterocycles. The van der Waals surface area contributed by atoms with Gasteiger partial charge in [0, 0.05) is 31.4 Å². The summed E-state index contributed by atoms with van der Waals surface area (Å²) in [6.45, 7) is 0.686. The van der Waals surface area contributed by atoms with E-state index >= 15 is 0 Å². The van der Waals surface area contributed by atoms with Crippen LogP contribution in [0.2, 0.25) is 0 Å². The summed E-state index contributed by atoms with van der Waals surface area (Å²) in [4.78, 5) is 12.2. The molecule has 0 fully saturated rings. The average molecular weight is 323 g/mol. The van der Waals surface area contributed by atoms with Crippen LogP contribution in [0.5, 0.6) is 0 Å². The van der Waals surface area contributed by atoms with E-state index in [1.54, 1.807) is 18.3 Å². The van der Waals surface area contributed by atoms with Gasteiger partial charge in [0.25, 0.3) is 5.69 Å². The van der Waals surface area contributed by atoms with E-state index in [2.05, 4.69) is 16.6 Å². The molecular weight excluding hydrogens is 306 g/mol. The maximum Gasteiger partial charge on any atom is 0.269 e. The lowest BCUT2D eigenvalue weighted by molar-refractivity contribution is -0.384. The van der Waals surface area contributed by atoms with Crippen LogP contribution in [0.1, 0.15) is 12.0 Å². The molecule has 0 atom stereocenters. The quantitative estimate of drug-likeness (QED) is 0.479. The van der Waals surface area contributed by atoms with Gasteiger partial charge in [-0.3, -0.25) is 15.5 Å². The topological polar surface area (TPSA) is 94.6 Å². The first-order chi connectivity index (χ1) is 11.6. The summed E-state index contributed by atoms with van der Waals surface area (Å²) in [5, 5.41) is 23.3. The normalized spacial score (nSPS) is 10.3. The van der Waals surface area contributed by atoms with E-state index in [1.165, 1.54) is 12.1 Å². The molecular formula is C17H17N5O2. The van der Waals surface area contributed by atoms with Crippen molar-refractivity contribution in [1.29, 1.82) is 5.26 Å². The minimum atomic E-state index is -0.442. The van der Waals surface area contributed by atoms with Crippen LogP contribution in [-0.2, 0) is 0 Å². The van der Waals surface area contributed by atoms with Crippen molar-refractivity contribution in [2.45, 2.75) is 6.42 Å². The SMILES string of the molecule is CN(CCC#N)c1ccc(/C=N/Nc2ccc([N+](=O)[O-])cc2)cc1. The number of nitriles is 1. The first kappa shape index (κ1) is 17.0. The van der Waals surface area contributed by atoms with Gasteiger partial charge in [-0.25, -0.2) is 0 Å². The van der Waals surface area contributed by atoms with E-state index in [1.807, 2.05) is 36.2 Å². The van der Waals surface area contributed by atoms with Gasteiger partial charge >= 0.3 is 0 Å². The number of anilines is 2. The predicted molar refractivity (Wildman–Crippen MR) is 94.3 cm³/mol. The molecule has 2 aromatic rings. The lowest BCUT2D eigenvalue weighted by Crippen LogP contribution is -2.17. The summed E-state index contributed by atoms with van der Waals surface area (Å²) in [6, 6.07) is 16.0. The third-order valence-corrected chi connectivity index (χ3v) is 3.38. The summed E-state index contributed by atoms with van der Waals surface area (Å²) in [7, 11) is 1.94. The Morgan fingerprint density at radius 1 is 1.25 bits per heavy atom. The van der Waals surface area contributed by atoms with Gasteiger partial charge in [0.1, 0.15) is 0 Å². The van der Waals surface area contributed by atoms with Gasteiger partial charge in [0.05, 0.1) is 29.3 Å². The highest BCUT2D eigenvalue weighted by Gasteiger charge is 2.03. The maximum atomic E-state index is 10.6. The van der Waals surface area contributed by atoms with Gasteiger partial charge in [0.2, 0.25) is 0 Å². The summed E-state index contributed by atoms with van der Waals surface area (Å²) in [5.74, 6) is 0. The second-order valence-corrected chi connectivity index (χ2v) is 5.10. The van der Waals surface area contributed by atoms with E-state index in [9.17, 15) is 10.1 Å². The number of non-ortho nitro benzene ring substituents is 1. The Bertz CT molecular complexity index is 748. The molecule has 0 aliphatic rings. The predicted octanol–water partition coefficient (Wildman–Crippen LogP) is 3.39. The number of hydrogen-bond acceptors (Lipinski definition) is 6. The molecule has 122 valence electrons. The summed E-state index contributed by atoms with van der Waals surface area (Å²) in [6.07, 6.45) is 2.15. The average Bonchev–Trinajstić information content (AvgIpc) is 2.60. The zero-order chi connectivity index (χ0) is 17.4. The third-order valence-electron chi connectivity index (χ3n) is 3.38. The van der Waals surface area contributed by atoms with Crippen molar-refractivity contribution in [3.05, 3.63) is 64.2 Å². The smallest absolute Gasteiger partial charge is 0.269 e. The molecule has 0 heterocycles. The second-order valence-electron chi connectivity index (χ2n) is 5.10. The van der Waals surface area contributed by atoms with Crippen molar-refractivity contribution in [2.75, 3.05) is 23.9 Å². The molecule has 0 bridgehead atoms. The maximum absolute atomic E-state index is 10.6. The van der Waals surface area contributed by atoms with Crippen LogP contribution in [-0.4, -0.2) is 24.7 Å². The fraction of sp³-hybridized carbons (Fsp3) is 0.176. The molecule has 0 aromatic heterocycles. The van der Waals surface area contributed by atoms with Gasteiger partial charge < -0.3 is 4.90 Å². The fourth-order valence-electron chi connectivity index (χ4n) is 2.00. The second kappa shape index (κ2) is 8.29. The fourth-order valence-corrected chi connectivity index (χ4v) is 2.00. The molecule has 7 nitrogen and oxygen atoms in total. The Hall–Kier alpha value is -3.40. The molecule has 0 saturated carbocycles. The van der Waals surface area contributed by atoms with Crippen molar-refractivity contribution < 1.29 is 4.92 Å². The first-order valence-electron chi connectivity index (χ1n) is 7.32. The van der Waals surface area contributed by atoms with Crippen molar-refractivity contribution >= 4 is 23.3 Å². The first-order valence-corrected chi connectivity index (χ1v) is 7.32. The van der Waals surface area contributed by atoms with Crippen LogP contribution in [0.4, 0.5) is 17.1 Å². The molecule has 2 aromatic carbocycles. The van der Waals surface area contributed by atoms with E-state index in [0.29, 0.717) is 18.7 Å². The van der Waals surface area contributed by atoms with Crippen molar-refractivity contribution in [3.63, 3.8) is 0 Å². The molecule has 0 unspecified atom stereocenters. The van der Waals surface area contributed by atoms with E-state index in [0.717, 1.165) is 11.3 Å². The summed E-state index contributed by atoms with van der Waals surface area (Å²) < 4.78 is 0. The number of nitrogens with one attached hydrogen (secondary N) is 1. The number of hydrazone groups is 1. The molecule has 7 heteroatoms. The number of nitro groups is 1. The number of benzene rings is 2. The zero-order valence-electron chi connectivity index (χ0n) is 13.2. The number of rotatable bonds is 7. The Morgan fingerprint density at radius 3 is 2.50 bits per heavy atom. The lowest BCUT2D eigenvalue weighted by atomic mass is 10.2. The van der Waals surface area contributed by atoms with E-state index < -0.39 is 4.92 Å². The van der Waals surface area contributed by atoms with Gasteiger partial charge in [0.15, 0.2) is 0 Å². The monoisotopic (exact) mass is 323 g/mol. The highest BCUT2D eigenvalue weighted by molar-refractivity contribution is 5.81. The van der Waals surface area contributed by atoms with Crippen molar-refractivity contribution in [3.8, 4) is 6.07 Å². The van der Waals surface area contributed by atoms with Crippen LogP contribution in [0, 0.1) is 21.4 Å². The molecule has 24 heavy (non-hydrogen) atoms. The van der Waals surface area contributed by atoms with Gasteiger partial charge in [-0.15, -0.1) is 0 Å².